The Bertz CT molecular complexity index is 650. The van der Waals surface area contributed by atoms with Crippen LogP contribution < -0.4 is 4.72 Å². The van der Waals surface area contributed by atoms with Gasteiger partial charge in [-0.15, -0.1) is 0 Å². The lowest BCUT2D eigenvalue weighted by Gasteiger charge is -2.22. The summed E-state index contributed by atoms with van der Waals surface area (Å²) in [7, 11) is -4.05. The SMILES string of the molecule is C[C@@](C#N)(NS(=O)(=O)c1ccc(F)c(F)c1)C1CC1. The zero-order chi connectivity index (χ0) is 14.3. The fourth-order valence-corrected chi connectivity index (χ4v) is 3.23. The summed E-state index contributed by atoms with van der Waals surface area (Å²) in [6, 6.07) is 4.24. The maximum absolute atomic E-state index is 13.1. The van der Waals surface area contributed by atoms with Crippen LogP contribution >= 0.6 is 0 Å². The Hall–Kier alpha value is -1.52. The fraction of sp³-hybridized carbons (Fsp3) is 0.417. The number of halogens is 2. The molecule has 1 aliphatic carbocycles. The lowest BCUT2D eigenvalue weighted by molar-refractivity contribution is 0.457. The quantitative estimate of drug-likeness (QED) is 0.919. The Labute approximate surface area is 110 Å². The first-order valence-corrected chi connectivity index (χ1v) is 7.17. The molecule has 1 aliphatic rings. The second kappa shape index (κ2) is 4.54. The van der Waals surface area contributed by atoms with Gasteiger partial charge < -0.3 is 0 Å². The van der Waals surface area contributed by atoms with Gasteiger partial charge in [0.25, 0.3) is 0 Å². The standard InChI is InChI=1S/C12H12F2N2O2S/c1-12(7-15,8-2-3-8)16-19(17,18)9-4-5-10(13)11(14)6-9/h4-6,8,16H,2-3H2,1H3/t12-/m0/s1. The smallest absolute Gasteiger partial charge is 0.207 e. The largest absolute Gasteiger partial charge is 0.242 e. The Morgan fingerprint density at radius 3 is 2.47 bits per heavy atom. The number of nitrogens with zero attached hydrogens (tertiary/aromatic N) is 1. The molecular formula is C12H12F2N2O2S. The Morgan fingerprint density at radius 2 is 2.00 bits per heavy atom. The summed E-state index contributed by atoms with van der Waals surface area (Å²) in [5.41, 5.74) is -1.22. The third-order valence-electron chi connectivity index (χ3n) is 3.17. The Morgan fingerprint density at radius 1 is 1.37 bits per heavy atom. The predicted molar refractivity (Wildman–Crippen MR) is 63.4 cm³/mol. The number of hydrogen-bond donors (Lipinski definition) is 1. The third kappa shape index (κ3) is 2.74. The lowest BCUT2D eigenvalue weighted by atomic mass is 10.0. The van der Waals surface area contributed by atoms with Gasteiger partial charge in [-0.3, -0.25) is 0 Å². The van der Waals surface area contributed by atoms with Crippen molar-refractivity contribution in [3.8, 4) is 6.07 Å². The van der Waals surface area contributed by atoms with Crippen LogP contribution in [-0.4, -0.2) is 14.0 Å². The van der Waals surface area contributed by atoms with Gasteiger partial charge >= 0.3 is 0 Å². The number of sulfonamides is 1. The molecule has 0 radical (unpaired) electrons. The molecule has 1 fully saturated rings. The maximum Gasteiger partial charge on any atom is 0.242 e. The highest BCUT2D eigenvalue weighted by molar-refractivity contribution is 7.89. The minimum atomic E-state index is -4.05. The molecule has 19 heavy (non-hydrogen) atoms. The molecule has 2 rings (SSSR count). The van der Waals surface area contributed by atoms with Crippen molar-refractivity contribution in [1.82, 2.24) is 4.72 Å². The Balaban J connectivity index is 2.32. The van der Waals surface area contributed by atoms with E-state index in [1.54, 1.807) is 0 Å². The lowest BCUT2D eigenvalue weighted by Crippen LogP contribution is -2.46. The van der Waals surface area contributed by atoms with Crippen molar-refractivity contribution in [3.63, 3.8) is 0 Å². The van der Waals surface area contributed by atoms with E-state index in [4.69, 9.17) is 5.26 Å². The highest BCUT2D eigenvalue weighted by Crippen LogP contribution is 2.39. The first-order valence-electron chi connectivity index (χ1n) is 5.69. The summed E-state index contributed by atoms with van der Waals surface area (Å²) in [4.78, 5) is -0.395. The van der Waals surface area contributed by atoms with E-state index >= 15 is 0 Å². The van der Waals surface area contributed by atoms with Gasteiger partial charge in [0.1, 0.15) is 5.54 Å². The van der Waals surface area contributed by atoms with Crippen LogP contribution in [0.1, 0.15) is 19.8 Å². The highest BCUT2D eigenvalue weighted by atomic mass is 32.2. The molecule has 1 atom stereocenters. The average molecular weight is 286 g/mol. The molecule has 0 unspecified atom stereocenters. The van der Waals surface area contributed by atoms with Crippen LogP contribution in [0.15, 0.2) is 23.1 Å². The molecule has 102 valence electrons. The number of rotatable bonds is 4. The molecule has 4 nitrogen and oxygen atoms in total. The molecule has 1 N–H and O–H groups in total. The maximum atomic E-state index is 13.1. The summed E-state index contributed by atoms with van der Waals surface area (Å²) in [6.07, 6.45) is 1.54. The second-order valence-electron chi connectivity index (χ2n) is 4.77. The highest BCUT2D eigenvalue weighted by Gasteiger charge is 2.44. The molecule has 0 spiro atoms. The third-order valence-corrected chi connectivity index (χ3v) is 4.74. The average Bonchev–Trinajstić information content (AvgIpc) is 3.16. The molecule has 1 aromatic rings. The monoisotopic (exact) mass is 286 g/mol. The van der Waals surface area contributed by atoms with E-state index in [2.05, 4.69) is 4.72 Å². The van der Waals surface area contributed by atoms with Gasteiger partial charge in [0.2, 0.25) is 10.0 Å². The number of nitrogens with one attached hydrogen (secondary N) is 1. The molecule has 0 saturated heterocycles. The van der Waals surface area contributed by atoms with Crippen molar-refractivity contribution in [1.29, 1.82) is 5.26 Å². The first kappa shape index (κ1) is 13.9. The van der Waals surface area contributed by atoms with Crippen LogP contribution in [-0.2, 0) is 10.0 Å². The van der Waals surface area contributed by atoms with Gasteiger partial charge in [0.05, 0.1) is 11.0 Å². The van der Waals surface area contributed by atoms with E-state index in [0.29, 0.717) is 6.07 Å². The van der Waals surface area contributed by atoms with Crippen LogP contribution in [0.5, 0.6) is 0 Å². The van der Waals surface area contributed by atoms with Crippen molar-refractivity contribution in [2.45, 2.75) is 30.2 Å². The molecule has 0 aromatic heterocycles. The number of nitriles is 1. The Kier molecular flexibility index (Phi) is 3.32. The van der Waals surface area contributed by atoms with E-state index in [-0.39, 0.29) is 5.92 Å². The van der Waals surface area contributed by atoms with E-state index < -0.39 is 32.1 Å². The second-order valence-corrected chi connectivity index (χ2v) is 6.45. The van der Waals surface area contributed by atoms with E-state index in [0.717, 1.165) is 25.0 Å². The fourth-order valence-electron chi connectivity index (χ4n) is 1.84. The van der Waals surface area contributed by atoms with Crippen LogP contribution in [0.25, 0.3) is 0 Å². The first-order chi connectivity index (χ1) is 8.78. The van der Waals surface area contributed by atoms with Crippen molar-refractivity contribution >= 4 is 10.0 Å². The van der Waals surface area contributed by atoms with Crippen LogP contribution in [0.3, 0.4) is 0 Å². The van der Waals surface area contributed by atoms with Gasteiger partial charge in [-0.1, -0.05) is 0 Å². The number of benzene rings is 1. The van der Waals surface area contributed by atoms with Crippen molar-refractivity contribution in [3.05, 3.63) is 29.8 Å². The van der Waals surface area contributed by atoms with Crippen molar-refractivity contribution < 1.29 is 17.2 Å². The van der Waals surface area contributed by atoms with Gasteiger partial charge in [-0.25, -0.2) is 17.2 Å². The summed E-state index contributed by atoms with van der Waals surface area (Å²) in [5, 5.41) is 9.09. The van der Waals surface area contributed by atoms with E-state index in [1.165, 1.54) is 6.92 Å². The zero-order valence-corrected chi connectivity index (χ0v) is 11.0. The van der Waals surface area contributed by atoms with Crippen LogP contribution in [0.4, 0.5) is 8.78 Å². The molecule has 0 amide bonds. The summed E-state index contributed by atoms with van der Waals surface area (Å²) < 4.78 is 52.2. The molecule has 1 saturated carbocycles. The topological polar surface area (TPSA) is 70.0 Å². The van der Waals surface area contributed by atoms with Crippen molar-refractivity contribution in [2.24, 2.45) is 5.92 Å². The zero-order valence-electron chi connectivity index (χ0n) is 10.2. The van der Waals surface area contributed by atoms with Gasteiger partial charge in [-0.2, -0.15) is 9.98 Å². The minimum Gasteiger partial charge on any atom is -0.207 e. The van der Waals surface area contributed by atoms with Crippen LogP contribution in [0.2, 0.25) is 0 Å². The molecule has 0 bridgehead atoms. The summed E-state index contributed by atoms with van der Waals surface area (Å²) in [5.74, 6) is -2.41. The van der Waals surface area contributed by atoms with E-state index in [1.807, 2.05) is 6.07 Å². The summed E-state index contributed by atoms with van der Waals surface area (Å²) >= 11 is 0. The molecular weight excluding hydrogens is 274 g/mol. The van der Waals surface area contributed by atoms with Crippen molar-refractivity contribution in [2.75, 3.05) is 0 Å². The normalized spacial score (nSPS) is 18.6. The summed E-state index contributed by atoms with van der Waals surface area (Å²) in [6.45, 7) is 1.49. The van der Waals surface area contributed by atoms with Gasteiger partial charge in [-0.05, 0) is 43.9 Å². The minimum absolute atomic E-state index is 0.0439. The molecule has 0 heterocycles. The van der Waals surface area contributed by atoms with Gasteiger partial charge in [0, 0.05) is 0 Å². The van der Waals surface area contributed by atoms with Crippen LogP contribution in [0, 0.1) is 28.9 Å². The molecule has 1 aromatic carbocycles. The number of hydrogen-bond acceptors (Lipinski definition) is 3. The predicted octanol–water partition coefficient (Wildman–Crippen LogP) is 1.94. The molecule has 0 aliphatic heterocycles. The van der Waals surface area contributed by atoms with E-state index in [9.17, 15) is 17.2 Å². The molecule has 7 heteroatoms. The van der Waals surface area contributed by atoms with Gasteiger partial charge in [0.15, 0.2) is 11.6 Å².